The van der Waals surface area contributed by atoms with Crippen molar-refractivity contribution in [3.8, 4) is 55.6 Å². The molecule has 0 saturated heterocycles. The molecule has 9 aromatic carbocycles. The normalized spacial score (nSPS) is 12.3. The second-order valence-electron chi connectivity index (χ2n) is 17.6. The fourth-order valence-corrected chi connectivity index (χ4v) is 11.8. The molecule has 2 N–H and O–H groups in total. The fourth-order valence-electron chi connectivity index (χ4n) is 9.32. The monoisotopic (exact) mass is 1540 g/mol. The second kappa shape index (κ2) is 24.3. The summed E-state index contributed by atoms with van der Waals surface area (Å²) in [5, 5.41) is 17.3. The number of alkyl halides is 1. The molecule has 0 atom stereocenters. The summed E-state index contributed by atoms with van der Waals surface area (Å²) in [4.78, 5) is 1.97. The highest BCUT2D eigenvalue weighted by Crippen LogP contribution is 2.50. The van der Waals surface area contributed by atoms with Crippen LogP contribution in [0.25, 0.3) is 55.6 Å². The van der Waals surface area contributed by atoms with Crippen LogP contribution in [-0.2, 0) is 18.3 Å². The van der Waals surface area contributed by atoms with Crippen LogP contribution >= 0.6 is 141 Å². The number of hydrogen-bond donors (Lipinski definition) is 2. The summed E-state index contributed by atoms with van der Waals surface area (Å²) in [6.07, 6.45) is 2.09. The molecule has 0 saturated carbocycles. The Bertz CT molecular complexity index is 3310. The molecule has 0 heterocycles. The van der Waals surface area contributed by atoms with Gasteiger partial charge in [-0.2, -0.15) is 0 Å². The van der Waals surface area contributed by atoms with Crippen LogP contribution in [0.3, 0.4) is 0 Å². The second-order valence-corrected chi connectivity index (χ2v) is 24.4. The first-order valence-electron chi connectivity index (χ1n) is 22.6. The number of halogens is 8. The highest BCUT2D eigenvalue weighted by atomic mass is 127. The van der Waals surface area contributed by atoms with Gasteiger partial charge in [-0.05, 0) is 226 Å². The first kappa shape index (κ1) is 54.6. The van der Waals surface area contributed by atoms with Crippen molar-refractivity contribution < 1.29 is 10.0 Å². The molecule has 3 aliphatic rings. The quantitative estimate of drug-likeness (QED) is 0.105. The molecule has 0 aliphatic heterocycles. The molecule has 2 nitrogen and oxygen atoms in total. The molecular weight excluding hydrogens is 1500 g/mol. The molecule has 11 heteroatoms. The van der Waals surface area contributed by atoms with Crippen molar-refractivity contribution in [3.05, 3.63) is 246 Å². The lowest BCUT2D eigenvalue weighted by Crippen LogP contribution is -2.29. The smallest absolute Gasteiger partial charge is 0.423 e. The zero-order chi connectivity index (χ0) is 50.6. The van der Waals surface area contributed by atoms with Gasteiger partial charge in [0.2, 0.25) is 0 Å². The van der Waals surface area contributed by atoms with Crippen molar-refractivity contribution in [2.75, 3.05) is 4.93 Å². The van der Waals surface area contributed by atoms with Gasteiger partial charge in [0.1, 0.15) is 0 Å². The van der Waals surface area contributed by atoms with E-state index in [9.17, 15) is 0 Å². The van der Waals surface area contributed by atoms with Crippen molar-refractivity contribution in [2.24, 2.45) is 0 Å². The Morgan fingerprint density at radius 1 is 0.366 bits per heavy atom. The topological polar surface area (TPSA) is 40.5 Å². The third kappa shape index (κ3) is 12.9. The molecular formula is C60H45BBr6I2O2. The SMILES string of the molecule is Brc1ccc(-c2ccc3c(c2)Cc2cc(Br)ccc2-3)cc1.Brc1ccc2c(c1)Cc1cc(I)ccc1-2.CC1(C)c2cc(Br)ccc2-c2ccc(-c3ccc(Br)cc3)cc21.CI.OB(O)c1ccc(Br)cc1. The standard InChI is InChI=1S/C21H16Br2.C19H12Br2.C13H8BrI.C6H6BBrO2.CH3I/c1-21(2)19-11-14(13-3-6-15(22)7-4-13)5-9-17(19)18-10-8-16(23)12-20(18)21;20-16-4-1-12(2-5-16)13-3-7-18-14(9-13)10-15-11-17(21)6-8-19(15)18;14-10-1-3-12-8(6-10)5-9-7-11(15)2-4-13(9)12;8-6-3-1-5(2-4-6)7(9)10;1-2/h3-12H,1-2H3;1-9,11H,10H2;1-4,6-7H,5H2;1-4,9-10H;1H3. The summed E-state index contributed by atoms with van der Waals surface area (Å²) in [6.45, 7) is 4.63. The van der Waals surface area contributed by atoms with Gasteiger partial charge in [0, 0.05) is 35.8 Å². The maximum Gasteiger partial charge on any atom is 0.488 e. The molecule has 71 heavy (non-hydrogen) atoms. The number of rotatable bonds is 3. The van der Waals surface area contributed by atoms with Crippen LogP contribution in [-0.4, -0.2) is 22.1 Å². The van der Waals surface area contributed by atoms with E-state index >= 15 is 0 Å². The van der Waals surface area contributed by atoms with E-state index in [2.05, 4.69) is 312 Å². The minimum atomic E-state index is -1.37. The van der Waals surface area contributed by atoms with Crippen molar-refractivity contribution in [1.82, 2.24) is 0 Å². The van der Waals surface area contributed by atoms with E-state index in [0.29, 0.717) is 5.46 Å². The molecule has 0 spiro atoms. The molecule has 0 radical (unpaired) electrons. The van der Waals surface area contributed by atoms with Gasteiger partial charge in [-0.25, -0.2) is 0 Å². The number of benzene rings is 9. The molecule has 0 bridgehead atoms. The molecule has 0 fully saturated rings. The van der Waals surface area contributed by atoms with E-state index in [1.165, 1.54) is 97.1 Å². The summed E-state index contributed by atoms with van der Waals surface area (Å²) < 4.78 is 7.94. The molecule has 0 unspecified atom stereocenters. The lowest BCUT2D eigenvalue weighted by Gasteiger charge is -2.22. The van der Waals surface area contributed by atoms with Crippen LogP contribution in [0, 0.1) is 3.57 Å². The Labute approximate surface area is 495 Å². The van der Waals surface area contributed by atoms with Gasteiger partial charge >= 0.3 is 7.12 Å². The van der Waals surface area contributed by atoms with E-state index in [1.54, 1.807) is 24.3 Å². The lowest BCUT2D eigenvalue weighted by molar-refractivity contribution is 0.426. The van der Waals surface area contributed by atoms with E-state index < -0.39 is 7.12 Å². The van der Waals surface area contributed by atoms with Gasteiger partial charge in [0.15, 0.2) is 0 Å². The predicted molar refractivity (Wildman–Crippen MR) is 339 cm³/mol. The average molecular weight is 1540 g/mol. The minimum absolute atomic E-state index is 0.0276. The third-order valence-electron chi connectivity index (χ3n) is 12.8. The molecule has 0 aromatic heterocycles. The van der Waals surface area contributed by atoms with E-state index in [1.807, 2.05) is 4.93 Å². The van der Waals surface area contributed by atoms with E-state index in [4.69, 9.17) is 10.0 Å². The van der Waals surface area contributed by atoms with Gasteiger partial charge in [0.05, 0.1) is 0 Å². The Morgan fingerprint density at radius 2 is 0.690 bits per heavy atom. The summed E-state index contributed by atoms with van der Waals surface area (Å²) in [6, 6.07) is 63.9. The summed E-state index contributed by atoms with van der Waals surface area (Å²) in [5.74, 6) is 0. The Hall–Kier alpha value is -2.70. The van der Waals surface area contributed by atoms with Gasteiger partial charge in [-0.3, -0.25) is 0 Å². The van der Waals surface area contributed by atoms with E-state index in [-0.39, 0.29) is 5.41 Å². The first-order valence-corrected chi connectivity index (χ1v) is 30.6. The van der Waals surface area contributed by atoms with Crippen molar-refractivity contribution in [2.45, 2.75) is 32.1 Å². The molecule has 356 valence electrons. The average Bonchev–Trinajstić information content (AvgIpc) is 3.98. The summed E-state index contributed by atoms with van der Waals surface area (Å²) in [7, 11) is -1.37. The highest BCUT2D eigenvalue weighted by Gasteiger charge is 2.35. The molecule has 0 amide bonds. The Morgan fingerprint density at radius 3 is 1.17 bits per heavy atom. The molecule has 9 aromatic rings. The van der Waals surface area contributed by atoms with Crippen LogP contribution in [0.15, 0.2) is 209 Å². The third-order valence-corrected chi connectivity index (χ3v) is 16.5. The van der Waals surface area contributed by atoms with Crippen LogP contribution in [0.5, 0.6) is 0 Å². The zero-order valence-electron chi connectivity index (χ0n) is 38.7. The van der Waals surface area contributed by atoms with Crippen molar-refractivity contribution in [3.63, 3.8) is 0 Å². The molecule has 3 aliphatic carbocycles. The molecule has 12 rings (SSSR count). The van der Waals surface area contributed by atoms with Crippen LogP contribution in [0.2, 0.25) is 0 Å². The summed E-state index contributed by atoms with van der Waals surface area (Å²) in [5.41, 5.74) is 22.4. The van der Waals surface area contributed by atoms with Gasteiger partial charge in [0.25, 0.3) is 0 Å². The summed E-state index contributed by atoms with van der Waals surface area (Å²) >= 11 is 25.4. The maximum atomic E-state index is 8.65. The zero-order valence-corrected chi connectivity index (χ0v) is 52.6. The number of hydrogen-bond acceptors (Lipinski definition) is 2. The first-order chi connectivity index (χ1) is 34.1. The number of fused-ring (bicyclic) bond motifs is 9. The Balaban J connectivity index is 0.000000130. The van der Waals surface area contributed by atoms with Crippen LogP contribution < -0.4 is 5.46 Å². The van der Waals surface area contributed by atoms with E-state index in [0.717, 1.165) is 35.2 Å². The largest absolute Gasteiger partial charge is 0.488 e. The van der Waals surface area contributed by atoms with Crippen molar-refractivity contribution >= 4 is 153 Å². The maximum absolute atomic E-state index is 8.65. The highest BCUT2D eigenvalue weighted by molar-refractivity contribution is 14.1. The minimum Gasteiger partial charge on any atom is -0.423 e. The van der Waals surface area contributed by atoms with Gasteiger partial charge in [-0.15, -0.1) is 0 Å². The van der Waals surface area contributed by atoms with Crippen LogP contribution in [0.4, 0.5) is 0 Å². The predicted octanol–water partition coefficient (Wildman–Crippen LogP) is 19.4. The van der Waals surface area contributed by atoms with Gasteiger partial charge in [-0.1, -0.05) is 223 Å². The van der Waals surface area contributed by atoms with Gasteiger partial charge < -0.3 is 10.0 Å². The lowest BCUT2D eigenvalue weighted by atomic mass is 9.81. The Kier molecular flexibility index (Phi) is 18.7. The fraction of sp³-hybridized carbons (Fsp3) is 0.100. The van der Waals surface area contributed by atoms with Crippen molar-refractivity contribution in [1.29, 1.82) is 0 Å². The van der Waals surface area contributed by atoms with Crippen LogP contribution in [0.1, 0.15) is 47.2 Å².